The third-order valence-corrected chi connectivity index (χ3v) is 4.65. The molecule has 3 rings (SSSR count). The minimum atomic E-state index is -4.41. The molecule has 26 heavy (non-hydrogen) atoms. The van der Waals surface area contributed by atoms with Gasteiger partial charge in [0.25, 0.3) is 5.91 Å². The lowest BCUT2D eigenvalue weighted by atomic mass is 10.2. The van der Waals surface area contributed by atoms with E-state index in [0.717, 1.165) is 12.3 Å². The fourth-order valence-electron chi connectivity index (χ4n) is 2.76. The van der Waals surface area contributed by atoms with Crippen LogP contribution in [-0.2, 0) is 6.18 Å². The maximum Gasteiger partial charge on any atom is 0.417 e. The highest BCUT2D eigenvalue weighted by molar-refractivity contribution is 6.36. The molecule has 1 saturated heterocycles. The quantitative estimate of drug-likeness (QED) is 0.824. The van der Waals surface area contributed by atoms with Gasteiger partial charge >= 0.3 is 6.18 Å². The molecule has 4 nitrogen and oxygen atoms in total. The van der Waals surface area contributed by atoms with E-state index in [1.54, 1.807) is 12.1 Å². The molecule has 1 aliphatic rings. The van der Waals surface area contributed by atoms with Crippen molar-refractivity contribution in [2.75, 3.05) is 18.0 Å². The van der Waals surface area contributed by atoms with E-state index in [4.69, 9.17) is 23.2 Å². The Balaban J connectivity index is 1.62. The number of carbonyl (C=O) groups excluding carboxylic acids is 1. The van der Waals surface area contributed by atoms with Gasteiger partial charge in [-0.25, -0.2) is 4.98 Å². The van der Waals surface area contributed by atoms with Crippen molar-refractivity contribution in [1.82, 2.24) is 10.3 Å². The van der Waals surface area contributed by atoms with Gasteiger partial charge in [-0.1, -0.05) is 23.2 Å². The average Bonchev–Trinajstić information content (AvgIpc) is 3.02. The van der Waals surface area contributed by atoms with Crippen LogP contribution in [0.5, 0.6) is 0 Å². The predicted molar refractivity (Wildman–Crippen MR) is 93.8 cm³/mol. The smallest absolute Gasteiger partial charge is 0.354 e. The summed E-state index contributed by atoms with van der Waals surface area (Å²) in [5, 5.41) is 3.57. The minimum absolute atomic E-state index is 0.154. The lowest BCUT2D eigenvalue weighted by Crippen LogP contribution is -2.37. The molecule has 0 spiro atoms. The first kappa shape index (κ1) is 18.8. The summed E-state index contributed by atoms with van der Waals surface area (Å²) < 4.78 is 37.8. The van der Waals surface area contributed by atoms with Crippen LogP contribution in [0.15, 0.2) is 36.5 Å². The molecule has 1 aliphatic heterocycles. The largest absolute Gasteiger partial charge is 0.417 e. The Bertz CT molecular complexity index is 812. The number of anilines is 1. The molecular weight excluding hydrogens is 390 g/mol. The van der Waals surface area contributed by atoms with Crippen molar-refractivity contribution in [2.45, 2.75) is 18.6 Å². The first-order chi connectivity index (χ1) is 12.2. The van der Waals surface area contributed by atoms with Gasteiger partial charge < -0.3 is 10.2 Å². The van der Waals surface area contributed by atoms with E-state index in [0.29, 0.717) is 35.9 Å². The Hall–Kier alpha value is -1.99. The summed E-state index contributed by atoms with van der Waals surface area (Å²) in [6.07, 6.45) is -2.95. The monoisotopic (exact) mass is 403 g/mol. The van der Waals surface area contributed by atoms with Crippen LogP contribution in [0.4, 0.5) is 19.0 Å². The molecule has 1 aromatic heterocycles. The van der Waals surface area contributed by atoms with Crippen LogP contribution < -0.4 is 10.2 Å². The van der Waals surface area contributed by atoms with Crippen molar-refractivity contribution in [3.8, 4) is 0 Å². The molecule has 0 aliphatic carbocycles. The lowest BCUT2D eigenvalue weighted by Gasteiger charge is -2.18. The summed E-state index contributed by atoms with van der Waals surface area (Å²) in [4.78, 5) is 18.0. The molecule has 1 unspecified atom stereocenters. The van der Waals surface area contributed by atoms with Gasteiger partial charge in [-0.15, -0.1) is 0 Å². The van der Waals surface area contributed by atoms with Crippen molar-refractivity contribution in [3.63, 3.8) is 0 Å². The Kier molecular flexibility index (Phi) is 5.29. The molecule has 1 fully saturated rings. The molecule has 1 amide bonds. The predicted octanol–water partition coefficient (Wildman–Crippen LogP) is 4.42. The summed E-state index contributed by atoms with van der Waals surface area (Å²) >= 11 is 11.8. The highest BCUT2D eigenvalue weighted by Gasteiger charge is 2.31. The number of rotatable bonds is 3. The SMILES string of the molecule is O=C(NC1CCN(c2ccc(C(F)(F)F)cn2)C1)c1ccc(Cl)cc1Cl. The number of benzene rings is 1. The molecule has 0 radical (unpaired) electrons. The number of pyridine rings is 1. The van der Waals surface area contributed by atoms with Gasteiger partial charge in [0.1, 0.15) is 5.82 Å². The number of hydrogen-bond acceptors (Lipinski definition) is 3. The highest BCUT2D eigenvalue weighted by atomic mass is 35.5. The number of hydrogen-bond donors (Lipinski definition) is 1. The molecule has 2 aromatic rings. The van der Waals surface area contributed by atoms with Crippen LogP contribution in [0, 0.1) is 0 Å². The highest BCUT2D eigenvalue weighted by Crippen LogP contribution is 2.30. The number of halogens is 5. The van der Waals surface area contributed by atoms with Crippen molar-refractivity contribution in [2.24, 2.45) is 0 Å². The van der Waals surface area contributed by atoms with Crippen molar-refractivity contribution >= 4 is 34.9 Å². The number of nitrogens with one attached hydrogen (secondary N) is 1. The van der Waals surface area contributed by atoms with Gasteiger partial charge in [-0.05, 0) is 36.8 Å². The van der Waals surface area contributed by atoms with Crippen LogP contribution in [0.25, 0.3) is 0 Å². The van der Waals surface area contributed by atoms with Crippen molar-refractivity contribution in [1.29, 1.82) is 0 Å². The molecule has 0 saturated carbocycles. The molecule has 1 aromatic carbocycles. The Morgan fingerprint density at radius 2 is 2.00 bits per heavy atom. The van der Waals surface area contributed by atoms with Gasteiger partial charge in [0, 0.05) is 30.4 Å². The second-order valence-corrected chi connectivity index (χ2v) is 6.78. The maximum atomic E-state index is 12.6. The van der Waals surface area contributed by atoms with E-state index in [9.17, 15) is 18.0 Å². The van der Waals surface area contributed by atoms with Gasteiger partial charge in [0.15, 0.2) is 0 Å². The Morgan fingerprint density at radius 3 is 2.62 bits per heavy atom. The first-order valence-corrected chi connectivity index (χ1v) is 8.54. The standard InChI is InChI=1S/C17H14Cl2F3N3O/c18-11-2-3-13(14(19)7-11)16(26)24-12-5-6-25(9-12)15-4-1-10(8-23-15)17(20,21)22/h1-4,7-8,12H,5-6,9H2,(H,24,26). The van der Waals surface area contributed by atoms with E-state index >= 15 is 0 Å². The van der Waals surface area contributed by atoms with Gasteiger partial charge in [-0.3, -0.25) is 4.79 Å². The fraction of sp³-hybridized carbons (Fsp3) is 0.294. The van der Waals surface area contributed by atoms with Crippen LogP contribution in [0.1, 0.15) is 22.3 Å². The second kappa shape index (κ2) is 7.32. The van der Waals surface area contributed by atoms with Crippen molar-refractivity contribution in [3.05, 3.63) is 57.7 Å². The zero-order valence-electron chi connectivity index (χ0n) is 13.4. The molecule has 9 heteroatoms. The maximum absolute atomic E-state index is 12.6. The molecule has 138 valence electrons. The molecule has 1 N–H and O–H groups in total. The van der Waals surface area contributed by atoms with Crippen LogP contribution in [0.2, 0.25) is 10.0 Å². The number of aromatic nitrogens is 1. The first-order valence-electron chi connectivity index (χ1n) is 7.78. The van der Waals surface area contributed by atoms with E-state index in [1.807, 2.05) is 4.90 Å². The lowest BCUT2D eigenvalue weighted by molar-refractivity contribution is -0.137. The van der Waals surface area contributed by atoms with Crippen LogP contribution in [0.3, 0.4) is 0 Å². The van der Waals surface area contributed by atoms with Gasteiger partial charge in [0.05, 0.1) is 16.1 Å². The van der Waals surface area contributed by atoms with Crippen LogP contribution in [-0.4, -0.2) is 30.0 Å². The van der Waals surface area contributed by atoms with Gasteiger partial charge in [0.2, 0.25) is 0 Å². The second-order valence-electron chi connectivity index (χ2n) is 5.93. The zero-order chi connectivity index (χ0) is 18.9. The molecule has 0 bridgehead atoms. The third kappa shape index (κ3) is 4.22. The van der Waals surface area contributed by atoms with E-state index in [-0.39, 0.29) is 17.0 Å². The molecular formula is C17H14Cl2F3N3O. The Morgan fingerprint density at radius 1 is 1.23 bits per heavy atom. The normalized spacial score (nSPS) is 17.4. The van der Waals surface area contributed by atoms with Crippen LogP contribution >= 0.6 is 23.2 Å². The summed E-state index contributed by atoms with van der Waals surface area (Å²) in [5.74, 6) is 0.123. The summed E-state index contributed by atoms with van der Waals surface area (Å²) in [6.45, 7) is 1.03. The average molecular weight is 404 g/mol. The number of nitrogens with zero attached hydrogens (tertiary/aromatic N) is 2. The molecule has 2 heterocycles. The number of alkyl halides is 3. The summed E-state index contributed by atoms with van der Waals surface area (Å²) in [5.41, 5.74) is -0.468. The summed E-state index contributed by atoms with van der Waals surface area (Å²) in [6, 6.07) is 6.80. The van der Waals surface area contributed by atoms with Crippen molar-refractivity contribution < 1.29 is 18.0 Å². The minimum Gasteiger partial charge on any atom is -0.354 e. The molecule has 1 atom stereocenters. The van der Waals surface area contributed by atoms with E-state index < -0.39 is 11.7 Å². The Labute approximate surface area is 157 Å². The zero-order valence-corrected chi connectivity index (χ0v) is 14.9. The van der Waals surface area contributed by atoms with Gasteiger partial charge in [-0.2, -0.15) is 13.2 Å². The fourth-order valence-corrected chi connectivity index (χ4v) is 3.26. The van der Waals surface area contributed by atoms with E-state index in [1.165, 1.54) is 12.1 Å². The topological polar surface area (TPSA) is 45.2 Å². The number of carbonyl (C=O) groups is 1. The third-order valence-electron chi connectivity index (χ3n) is 4.10. The number of amides is 1. The summed E-state index contributed by atoms with van der Waals surface area (Å²) in [7, 11) is 0. The van der Waals surface area contributed by atoms with E-state index in [2.05, 4.69) is 10.3 Å².